The van der Waals surface area contributed by atoms with Crippen LogP contribution in [0.1, 0.15) is 11.3 Å². The maximum Gasteiger partial charge on any atom is 0.114 e. The van der Waals surface area contributed by atoms with Gasteiger partial charge in [0.25, 0.3) is 0 Å². The fraction of sp³-hybridized carbons (Fsp3) is 0. The predicted molar refractivity (Wildman–Crippen MR) is 115 cm³/mol. The van der Waals surface area contributed by atoms with Gasteiger partial charge in [0.05, 0.1) is 17.4 Å². The quantitative estimate of drug-likeness (QED) is 0.439. The molecule has 5 rings (SSSR count). The number of hydrogen-bond donors (Lipinski definition) is 1. The Kier molecular flexibility index (Phi) is 4.32. The number of rotatable bonds is 2. The molecule has 0 bridgehead atoms. The third-order valence-electron chi connectivity index (χ3n) is 4.74. The van der Waals surface area contributed by atoms with Crippen LogP contribution in [0.25, 0.3) is 33.3 Å². The lowest BCUT2D eigenvalue weighted by Gasteiger charge is -2.03. The Morgan fingerprint density at radius 3 is 2.41 bits per heavy atom. The Morgan fingerprint density at radius 1 is 0.724 bits per heavy atom. The van der Waals surface area contributed by atoms with Gasteiger partial charge in [-0.3, -0.25) is 10.1 Å². The molecule has 3 aromatic heterocycles. The SMILES string of the molecule is C(#Cc1ccc2ccccc2n1)c1ccc(-c2cn[nH]c2-c2ccncc2)cc1. The van der Waals surface area contributed by atoms with E-state index >= 15 is 0 Å². The lowest BCUT2D eigenvalue weighted by molar-refractivity contribution is 1.09. The fourth-order valence-electron chi connectivity index (χ4n) is 3.25. The van der Waals surface area contributed by atoms with E-state index in [2.05, 4.69) is 50.2 Å². The molecule has 0 aliphatic rings. The normalized spacial score (nSPS) is 10.5. The number of fused-ring (bicyclic) bond motifs is 1. The maximum atomic E-state index is 4.60. The highest BCUT2D eigenvalue weighted by Gasteiger charge is 2.09. The zero-order valence-corrected chi connectivity index (χ0v) is 15.5. The number of H-pyrrole nitrogens is 1. The van der Waals surface area contributed by atoms with Crippen LogP contribution in [0.2, 0.25) is 0 Å². The lowest BCUT2D eigenvalue weighted by Crippen LogP contribution is -1.85. The summed E-state index contributed by atoms with van der Waals surface area (Å²) in [6.45, 7) is 0. The van der Waals surface area contributed by atoms with Gasteiger partial charge in [0.1, 0.15) is 5.69 Å². The minimum absolute atomic E-state index is 0.766. The van der Waals surface area contributed by atoms with Crippen LogP contribution in [0.4, 0.5) is 0 Å². The Morgan fingerprint density at radius 2 is 1.55 bits per heavy atom. The van der Waals surface area contributed by atoms with Crippen molar-refractivity contribution in [1.29, 1.82) is 0 Å². The summed E-state index contributed by atoms with van der Waals surface area (Å²) in [5, 5.41) is 8.42. The second kappa shape index (κ2) is 7.41. The van der Waals surface area contributed by atoms with Gasteiger partial charge in [0, 0.05) is 34.5 Å². The molecular formula is C25H16N4. The highest BCUT2D eigenvalue weighted by atomic mass is 15.1. The molecule has 4 heteroatoms. The minimum Gasteiger partial charge on any atom is -0.277 e. The van der Waals surface area contributed by atoms with Crippen molar-refractivity contribution in [2.45, 2.75) is 0 Å². The average Bonchev–Trinajstić information content (AvgIpc) is 3.28. The van der Waals surface area contributed by atoms with Crippen LogP contribution in [0, 0.1) is 11.8 Å². The number of pyridine rings is 2. The Balaban J connectivity index is 1.42. The third kappa shape index (κ3) is 3.50. The molecule has 2 aromatic carbocycles. The molecule has 5 aromatic rings. The molecule has 0 spiro atoms. The molecule has 3 heterocycles. The summed E-state index contributed by atoms with van der Waals surface area (Å²) in [6, 6.07) is 24.2. The smallest absolute Gasteiger partial charge is 0.114 e. The number of aromatic amines is 1. The molecule has 0 fully saturated rings. The molecule has 0 aliphatic carbocycles. The zero-order valence-electron chi connectivity index (χ0n) is 15.5. The van der Waals surface area contributed by atoms with E-state index in [4.69, 9.17) is 0 Å². The van der Waals surface area contributed by atoms with E-state index in [0.717, 1.165) is 44.5 Å². The molecule has 0 aliphatic heterocycles. The summed E-state index contributed by atoms with van der Waals surface area (Å²) in [5.41, 5.74) is 6.83. The second-order valence-electron chi connectivity index (χ2n) is 6.61. The standard InChI is InChI=1S/C25H16N4/c1-2-4-24-20(3-1)10-12-22(28-24)11-7-18-5-8-19(9-6-18)23-17-27-29-25(23)21-13-15-26-16-14-21/h1-6,8-10,12-17H,(H,27,29). The number of nitrogens with one attached hydrogen (secondary N) is 1. The van der Waals surface area contributed by atoms with Crippen molar-refractivity contribution in [3.63, 3.8) is 0 Å². The first-order chi connectivity index (χ1) is 14.4. The number of aromatic nitrogens is 4. The molecule has 29 heavy (non-hydrogen) atoms. The van der Waals surface area contributed by atoms with Crippen LogP contribution in [0.15, 0.2) is 91.4 Å². The Hall–Kier alpha value is -4.23. The zero-order chi connectivity index (χ0) is 19.5. The maximum absolute atomic E-state index is 4.60. The van der Waals surface area contributed by atoms with Crippen LogP contribution in [0.3, 0.4) is 0 Å². The summed E-state index contributed by atoms with van der Waals surface area (Å²) in [4.78, 5) is 8.68. The van der Waals surface area contributed by atoms with Gasteiger partial charge in [0.15, 0.2) is 0 Å². The largest absolute Gasteiger partial charge is 0.277 e. The molecule has 4 nitrogen and oxygen atoms in total. The molecule has 0 saturated carbocycles. The van der Waals surface area contributed by atoms with Gasteiger partial charge in [-0.2, -0.15) is 5.10 Å². The highest BCUT2D eigenvalue weighted by molar-refractivity contribution is 5.80. The molecular weight excluding hydrogens is 356 g/mol. The molecule has 0 atom stereocenters. The van der Waals surface area contributed by atoms with E-state index in [1.54, 1.807) is 12.4 Å². The second-order valence-corrected chi connectivity index (χ2v) is 6.61. The first-order valence-corrected chi connectivity index (χ1v) is 9.29. The Bertz CT molecular complexity index is 1340. The van der Waals surface area contributed by atoms with Crippen LogP contribution >= 0.6 is 0 Å². The van der Waals surface area contributed by atoms with Crippen molar-refractivity contribution in [3.8, 4) is 34.2 Å². The van der Waals surface area contributed by atoms with E-state index in [1.807, 2.05) is 60.8 Å². The summed E-state index contributed by atoms with van der Waals surface area (Å²) in [7, 11) is 0. The first kappa shape index (κ1) is 16.9. The van der Waals surface area contributed by atoms with Crippen molar-refractivity contribution in [3.05, 3.63) is 103 Å². The van der Waals surface area contributed by atoms with E-state index in [0.29, 0.717) is 0 Å². The van der Waals surface area contributed by atoms with Crippen molar-refractivity contribution in [2.75, 3.05) is 0 Å². The number of para-hydroxylation sites is 1. The number of hydrogen-bond acceptors (Lipinski definition) is 3. The van der Waals surface area contributed by atoms with Gasteiger partial charge < -0.3 is 0 Å². The summed E-state index contributed by atoms with van der Waals surface area (Å²) >= 11 is 0. The van der Waals surface area contributed by atoms with E-state index in [9.17, 15) is 0 Å². The van der Waals surface area contributed by atoms with E-state index in [-0.39, 0.29) is 0 Å². The Labute approximate surface area is 168 Å². The van der Waals surface area contributed by atoms with Gasteiger partial charge in [-0.1, -0.05) is 42.3 Å². The van der Waals surface area contributed by atoms with Gasteiger partial charge >= 0.3 is 0 Å². The van der Waals surface area contributed by atoms with Crippen LogP contribution in [-0.2, 0) is 0 Å². The van der Waals surface area contributed by atoms with E-state index in [1.165, 1.54) is 0 Å². The monoisotopic (exact) mass is 372 g/mol. The van der Waals surface area contributed by atoms with Crippen molar-refractivity contribution in [1.82, 2.24) is 20.2 Å². The molecule has 136 valence electrons. The van der Waals surface area contributed by atoms with Crippen LogP contribution in [-0.4, -0.2) is 20.2 Å². The van der Waals surface area contributed by atoms with E-state index < -0.39 is 0 Å². The number of nitrogens with zero attached hydrogens (tertiary/aromatic N) is 3. The summed E-state index contributed by atoms with van der Waals surface area (Å²) in [5.74, 6) is 6.36. The van der Waals surface area contributed by atoms with Gasteiger partial charge in [-0.05, 0) is 47.9 Å². The van der Waals surface area contributed by atoms with Gasteiger partial charge in [0.2, 0.25) is 0 Å². The molecule has 1 N–H and O–H groups in total. The lowest BCUT2D eigenvalue weighted by atomic mass is 10.0. The first-order valence-electron chi connectivity index (χ1n) is 9.29. The molecule has 0 amide bonds. The van der Waals surface area contributed by atoms with Crippen LogP contribution < -0.4 is 0 Å². The minimum atomic E-state index is 0.766. The van der Waals surface area contributed by atoms with Gasteiger partial charge in [-0.15, -0.1) is 0 Å². The summed E-state index contributed by atoms with van der Waals surface area (Å²) in [6.07, 6.45) is 5.40. The topological polar surface area (TPSA) is 54.5 Å². The fourth-order valence-corrected chi connectivity index (χ4v) is 3.25. The summed E-state index contributed by atoms with van der Waals surface area (Å²) < 4.78 is 0. The molecule has 0 unspecified atom stereocenters. The predicted octanol–water partition coefficient (Wildman–Crippen LogP) is 5.09. The number of benzene rings is 2. The molecule has 0 radical (unpaired) electrons. The molecule has 0 saturated heterocycles. The van der Waals surface area contributed by atoms with Crippen LogP contribution in [0.5, 0.6) is 0 Å². The van der Waals surface area contributed by atoms with Crippen molar-refractivity contribution in [2.24, 2.45) is 0 Å². The highest BCUT2D eigenvalue weighted by Crippen LogP contribution is 2.29. The third-order valence-corrected chi connectivity index (χ3v) is 4.74. The van der Waals surface area contributed by atoms with Crippen molar-refractivity contribution >= 4 is 10.9 Å². The average molecular weight is 372 g/mol. The van der Waals surface area contributed by atoms with Gasteiger partial charge in [-0.25, -0.2) is 4.98 Å². The van der Waals surface area contributed by atoms with Crippen molar-refractivity contribution < 1.29 is 0 Å².